The van der Waals surface area contributed by atoms with Gasteiger partial charge in [-0.1, -0.05) is 13.8 Å². The van der Waals surface area contributed by atoms with Crippen LogP contribution in [0.3, 0.4) is 0 Å². The van der Waals surface area contributed by atoms with Crippen LogP contribution in [0.25, 0.3) is 5.57 Å². The van der Waals surface area contributed by atoms with Crippen molar-refractivity contribution in [3.05, 3.63) is 41.6 Å². The van der Waals surface area contributed by atoms with Crippen molar-refractivity contribution in [1.82, 2.24) is 15.8 Å². The number of rotatable bonds is 7. The second kappa shape index (κ2) is 10.2. The average molecular weight is 458 g/mol. The summed E-state index contributed by atoms with van der Waals surface area (Å²) in [5.74, 6) is 1.68. The highest BCUT2D eigenvalue weighted by Gasteiger charge is 2.25. The molecule has 2 heterocycles. The Bertz CT molecular complexity index is 946. The fourth-order valence-corrected chi connectivity index (χ4v) is 3.80. The molecule has 1 atom stereocenters. The molecule has 2 N–H and O–H groups in total. The van der Waals surface area contributed by atoms with Gasteiger partial charge < -0.3 is 19.5 Å². The van der Waals surface area contributed by atoms with Crippen LogP contribution in [0.4, 0.5) is 4.79 Å². The van der Waals surface area contributed by atoms with E-state index in [1.165, 1.54) is 6.92 Å². The smallest absolute Gasteiger partial charge is 0.407 e. The van der Waals surface area contributed by atoms with E-state index in [-0.39, 0.29) is 11.9 Å². The zero-order valence-electron chi connectivity index (χ0n) is 20.4. The zero-order valence-corrected chi connectivity index (χ0v) is 20.4. The molecule has 0 saturated carbocycles. The Labute approximate surface area is 195 Å². The van der Waals surface area contributed by atoms with Crippen molar-refractivity contribution in [3.8, 4) is 11.5 Å². The van der Waals surface area contributed by atoms with Crippen LogP contribution >= 0.6 is 0 Å². The molecule has 0 spiro atoms. The number of alkyl carbamates (subject to hydrolysis) is 1. The lowest BCUT2D eigenvalue weighted by molar-refractivity contribution is -0.122. The molecular weight excluding hydrogens is 422 g/mol. The van der Waals surface area contributed by atoms with Crippen molar-refractivity contribution in [2.75, 3.05) is 19.8 Å². The maximum atomic E-state index is 12.2. The molecule has 0 aliphatic carbocycles. The molecule has 2 aliphatic heterocycles. The minimum absolute atomic E-state index is 0.115. The van der Waals surface area contributed by atoms with Gasteiger partial charge in [0.15, 0.2) is 0 Å². The molecule has 180 valence electrons. The Morgan fingerprint density at radius 1 is 1.24 bits per heavy atom. The van der Waals surface area contributed by atoms with Crippen molar-refractivity contribution >= 4 is 17.6 Å². The summed E-state index contributed by atoms with van der Waals surface area (Å²) in [7, 11) is 0. The number of hydrogen-bond donors (Lipinski definition) is 2. The minimum Gasteiger partial charge on any atom is -0.491 e. The van der Waals surface area contributed by atoms with E-state index in [2.05, 4.69) is 24.6 Å². The van der Waals surface area contributed by atoms with Gasteiger partial charge in [-0.25, -0.2) is 4.79 Å². The van der Waals surface area contributed by atoms with Crippen LogP contribution in [-0.2, 0) is 9.53 Å². The molecule has 8 nitrogen and oxygen atoms in total. The molecule has 0 bridgehead atoms. The standard InChI is InChI=1S/C25H35N3O5/c1-16(2)11-19(26-24(30)33-25(4,5)6)15-31-20-7-8-21-22-13-28(27-17(3)29)10-9-18(22)14-32-23(21)12-20/h7-10,12,16,19H,11,13-15H2,1-6H3,(H,26,30)(H,27,29)/t19-/m0/s1. The number of hydrogen-bond acceptors (Lipinski definition) is 6. The lowest BCUT2D eigenvalue weighted by Gasteiger charge is -2.31. The molecule has 0 radical (unpaired) electrons. The summed E-state index contributed by atoms with van der Waals surface area (Å²) in [5, 5.41) is 4.69. The second-order valence-corrected chi connectivity index (χ2v) is 9.85. The van der Waals surface area contributed by atoms with Crippen LogP contribution in [0.15, 0.2) is 36.0 Å². The van der Waals surface area contributed by atoms with Crippen LogP contribution < -0.4 is 20.2 Å². The van der Waals surface area contributed by atoms with Gasteiger partial charge in [-0.3, -0.25) is 15.2 Å². The number of ether oxygens (including phenoxy) is 3. The first-order chi connectivity index (χ1) is 15.5. The van der Waals surface area contributed by atoms with E-state index in [1.807, 2.05) is 51.2 Å². The Balaban J connectivity index is 1.66. The maximum absolute atomic E-state index is 12.2. The van der Waals surface area contributed by atoms with Crippen molar-refractivity contribution < 1.29 is 23.8 Å². The number of carbonyl (C=O) groups is 2. The predicted molar refractivity (Wildman–Crippen MR) is 127 cm³/mol. The van der Waals surface area contributed by atoms with E-state index in [0.29, 0.717) is 31.4 Å². The Morgan fingerprint density at radius 3 is 2.67 bits per heavy atom. The number of benzene rings is 1. The van der Waals surface area contributed by atoms with Crippen molar-refractivity contribution in [3.63, 3.8) is 0 Å². The Hall–Kier alpha value is -3.16. The van der Waals surface area contributed by atoms with Gasteiger partial charge in [0.2, 0.25) is 5.91 Å². The van der Waals surface area contributed by atoms with E-state index in [0.717, 1.165) is 28.9 Å². The summed E-state index contributed by atoms with van der Waals surface area (Å²) in [6.07, 6.45) is 4.13. The largest absolute Gasteiger partial charge is 0.491 e. The van der Waals surface area contributed by atoms with Gasteiger partial charge in [0, 0.05) is 24.8 Å². The lowest BCUT2D eigenvalue weighted by atomic mass is 9.95. The van der Waals surface area contributed by atoms with Gasteiger partial charge in [-0.2, -0.15) is 0 Å². The number of nitrogens with one attached hydrogen (secondary N) is 2. The molecule has 0 unspecified atom stereocenters. The topological polar surface area (TPSA) is 89.1 Å². The van der Waals surface area contributed by atoms with Gasteiger partial charge in [0.1, 0.15) is 30.3 Å². The van der Waals surface area contributed by atoms with Crippen LogP contribution in [0.2, 0.25) is 0 Å². The molecule has 0 fully saturated rings. The third-order valence-corrected chi connectivity index (χ3v) is 5.06. The van der Waals surface area contributed by atoms with Gasteiger partial charge in [-0.15, -0.1) is 0 Å². The predicted octanol–water partition coefficient (Wildman–Crippen LogP) is 4.03. The summed E-state index contributed by atoms with van der Waals surface area (Å²) >= 11 is 0. The van der Waals surface area contributed by atoms with E-state index in [9.17, 15) is 9.59 Å². The van der Waals surface area contributed by atoms with Gasteiger partial charge in [-0.05, 0) is 62.5 Å². The second-order valence-electron chi connectivity index (χ2n) is 9.85. The SMILES string of the molecule is CC(=O)NN1C=CC2=C(C1)c1ccc(OC[C@H](CC(C)C)NC(=O)OC(C)(C)C)cc1OC2. The van der Waals surface area contributed by atoms with E-state index in [1.54, 1.807) is 5.01 Å². The van der Waals surface area contributed by atoms with Crippen LogP contribution in [0, 0.1) is 5.92 Å². The lowest BCUT2D eigenvalue weighted by Crippen LogP contribution is -2.42. The Morgan fingerprint density at radius 2 is 2.00 bits per heavy atom. The van der Waals surface area contributed by atoms with E-state index >= 15 is 0 Å². The number of fused-ring (bicyclic) bond motifs is 2. The first kappa shape index (κ1) is 24.5. The Kier molecular flexibility index (Phi) is 7.56. The van der Waals surface area contributed by atoms with Crippen molar-refractivity contribution in [2.45, 2.75) is 59.6 Å². The van der Waals surface area contributed by atoms with Gasteiger partial charge >= 0.3 is 6.09 Å². The molecule has 8 heteroatoms. The highest BCUT2D eigenvalue weighted by molar-refractivity contribution is 5.80. The monoisotopic (exact) mass is 457 g/mol. The van der Waals surface area contributed by atoms with E-state index < -0.39 is 11.7 Å². The maximum Gasteiger partial charge on any atom is 0.407 e. The van der Waals surface area contributed by atoms with Crippen LogP contribution in [0.1, 0.15) is 53.5 Å². The van der Waals surface area contributed by atoms with E-state index in [4.69, 9.17) is 14.2 Å². The summed E-state index contributed by atoms with van der Waals surface area (Å²) in [4.78, 5) is 23.6. The van der Waals surface area contributed by atoms with Gasteiger partial charge in [0.25, 0.3) is 0 Å². The highest BCUT2D eigenvalue weighted by Crippen LogP contribution is 2.37. The fraction of sp³-hybridized carbons (Fsp3) is 0.520. The molecule has 33 heavy (non-hydrogen) atoms. The summed E-state index contributed by atoms with van der Waals surface area (Å²) in [5.41, 5.74) is 5.43. The number of nitrogens with zero attached hydrogens (tertiary/aromatic N) is 1. The molecule has 0 saturated heterocycles. The molecular formula is C25H35N3O5. The molecule has 0 aromatic heterocycles. The molecule has 1 aromatic rings. The molecule has 2 aliphatic rings. The van der Waals surface area contributed by atoms with Gasteiger partial charge in [0.05, 0.1) is 12.6 Å². The zero-order chi connectivity index (χ0) is 24.2. The number of amides is 2. The molecule has 2 amide bonds. The van der Waals surface area contributed by atoms with Crippen LogP contribution in [-0.4, -0.2) is 48.4 Å². The first-order valence-electron chi connectivity index (χ1n) is 11.3. The quantitative estimate of drug-likeness (QED) is 0.643. The molecule has 1 aromatic carbocycles. The average Bonchev–Trinajstić information content (AvgIpc) is 2.69. The highest BCUT2D eigenvalue weighted by atomic mass is 16.6. The minimum atomic E-state index is -0.555. The molecule has 3 rings (SSSR count). The first-order valence-corrected chi connectivity index (χ1v) is 11.3. The fourth-order valence-electron chi connectivity index (χ4n) is 3.80. The van der Waals surface area contributed by atoms with Crippen LogP contribution in [0.5, 0.6) is 11.5 Å². The van der Waals surface area contributed by atoms with Crippen molar-refractivity contribution in [2.24, 2.45) is 5.92 Å². The number of carbonyl (C=O) groups excluding carboxylic acids is 2. The summed E-state index contributed by atoms with van der Waals surface area (Å²) in [6.45, 7) is 12.6. The van der Waals surface area contributed by atoms with Crippen molar-refractivity contribution in [1.29, 1.82) is 0 Å². The summed E-state index contributed by atoms with van der Waals surface area (Å²) < 4.78 is 17.4. The normalized spacial score (nSPS) is 15.9. The third kappa shape index (κ3) is 7.17. The third-order valence-electron chi connectivity index (χ3n) is 5.06. The summed E-state index contributed by atoms with van der Waals surface area (Å²) in [6, 6.07) is 5.57. The number of hydrazine groups is 1.